The molecule has 2 heteroatoms. The van der Waals surface area contributed by atoms with E-state index in [-0.39, 0.29) is 0 Å². The lowest BCUT2D eigenvalue weighted by molar-refractivity contribution is 0.339. The van der Waals surface area contributed by atoms with Crippen molar-refractivity contribution in [3.05, 3.63) is 70.2 Å². The van der Waals surface area contributed by atoms with Crippen LogP contribution in [-0.4, -0.2) is 0 Å². The molecule has 0 bridgehead atoms. The number of rotatable bonds is 7. The minimum atomic E-state index is 0.410. The van der Waals surface area contributed by atoms with Crippen molar-refractivity contribution >= 4 is 15.9 Å². The summed E-state index contributed by atoms with van der Waals surface area (Å²) in [7, 11) is 0. The topological polar surface area (TPSA) is 12.0 Å². The predicted molar refractivity (Wildman–Crippen MR) is 94.2 cm³/mol. The SMILES string of the molecule is CCC(CC)C(NCc1ccccc1Br)c1ccccc1. The Morgan fingerprint density at radius 3 is 2.14 bits per heavy atom. The fraction of sp³-hybridized carbons (Fsp3) is 0.368. The van der Waals surface area contributed by atoms with Crippen molar-refractivity contribution in [1.82, 2.24) is 5.32 Å². The molecule has 1 unspecified atom stereocenters. The molecule has 0 aliphatic rings. The van der Waals surface area contributed by atoms with Crippen LogP contribution in [0.5, 0.6) is 0 Å². The molecule has 0 fully saturated rings. The molecule has 0 radical (unpaired) electrons. The van der Waals surface area contributed by atoms with Gasteiger partial charge in [0.2, 0.25) is 0 Å². The van der Waals surface area contributed by atoms with Crippen molar-refractivity contribution in [3.8, 4) is 0 Å². The van der Waals surface area contributed by atoms with Crippen molar-refractivity contribution in [1.29, 1.82) is 0 Å². The zero-order chi connectivity index (χ0) is 15.1. The Morgan fingerprint density at radius 2 is 1.52 bits per heavy atom. The highest BCUT2D eigenvalue weighted by Crippen LogP contribution is 2.28. The Labute approximate surface area is 136 Å². The van der Waals surface area contributed by atoms with Gasteiger partial charge in [0, 0.05) is 17.1 Å². The van der Waals surface area contributed by atoms with E-state index in [0.717, 1.165) is 6.54 Å². The van der Waals surface area contributed by atoms with Gasteiger partial charge in [-0.3, -0.25) is 0 Å². The van der Waals surface area contributed by atoms with Gasteiger partial charge in [-0.15, -0.1) is 0 Å². The van der Waals surface area contributed by atoms with Gasteiger partial charge in [-0.25, -0.2) is 0 Å². The Kier molecular flexibility index (Phi) is 6.47. The minimum absolute atomic E-state index is 0.410. The smallest absolute Gasteiger partial charge is 0.0351 e. The summed E-state index contributed by atoms with van der Waals surface area (Å²) in [5, 5.41) is 3.77. The quantitative estimate of drug-likeness (QED) is 0.676. The molecule has 21 heavy (non-hydrogen) atoms. The lowest BCUT2D eigenvalue weighted by Crippen LogP contribution is -2.27. The molecule has 2 aromatic rings. The molecule has 112 valence electrons. The van der Waals surface area contributed by atoms with Crippen LogP contribution in [0.2, 0.25) is 0 Å². The van der Waals surface area contributed by atoms with E-state index in [1.807, 2.05) is 0 Å². The standard InChI is InChI=1S/C19H24BrN/c1-3-15(4-2)19(16-10-6-5-7-11-16)21-14-17-12-8-9-13-18(17)20/h5-13,15,19,21H,3-4,14H2,1-2H3. The summed E-state index contributed by atoms with van der Waals surface area (Å²) in [6.07, 6.45) is 2.39. The molecular formula is C19H24BrN. The lowest BCUT2D eigenvalue weighted by Gasteiger charge is -2.27. The third-order valence-corrected chi connectivity index (χ3v) is 4.92. The van der Waals surface area contributed by atoms with E-state index in [2.05, 4.69) is 89.7 Å². The Balaban J connectivity index is 2.15. The zero-order valence-electron chi connectivity index (χ0n) is 12.9. The molecular weight excluding hydrogens is 322 g/mol. The maximum atomic E-state index is 3.77. The summed E-state index contributed by atoms with van der Waals surface area (Å²) in [5.74, 6) is 0.662. The summed E-state index contributed by atoms with van der Waals surface area (Å²) >= 11 is 3.63. The third-order valence-electron chi connectivity index (χ3n) is 4.15. The molecule has 0 spiro atoms. The Bertz CT molecular complexity index is 534. The summed E-state index contributed by atoms with van der Waals surface area (Å²) < 4.78 is 1.17. The predicted octanol–water partition coefficient (Wildman–Crippen LogP) is 5.72. The first-order valence-electron chi connectivity index (χ1n) is 7.78. The first kappa shape index (κ1) is 16.3. The molecule has 1 N–H and O–H groups in total. The summed E-state index contributed by atoms with van der Waals surface area (Å²) in [4.78, 5) is 0. The van der Waals surface area contributed by atoms with Crippen LogP contribution >= 0.6 is 15.9 Å². The summed E-state index contributed by atoms with van der Waals surface area (Å²) in [6, 6.07) is 19.6. The second kappa shape index (κ2) is 8.35. The van der Waals surface area contributed by atoms with Crippen LogP contribution in [0.15, 0.2) is 59.1 Å². The first-order valence-corrected chi connectivity index (χ1v) is 8.57. The van der Waals surface area contributed by atoms with Crippen LogP contribution in [-0.2, 0) is 6.54 Å². The second-order valence-corrected chi connectivity index (χ2v) is 6.29. The largest absolute Gasteiger partial charge is 0.306 e. The maximum absolute atomic E-state index is 3.77. The molecule has 2 rings (SSSR count). The van der Waals surface area contributed by atoms with Crippen molar-refractivity contribution in [2.45, 2.75) is 39.3 Å². The van der Waals surface area contributed by atoms with Crippen LogP contribution in [0.3, 0.4) is 0 Å². The highest BCUT2D eigenvalue weighted by Gasteiger charge is 2.19. The van der Waals surface area contributed by atoms with Gasteiger partial charge in [0.1, 0.15) is 0 Å². The number of halogens is 1. The second-order valence-electron chi connectivity index (χ2n) is 5.44. The molecule has 0 aliphatic heterocycles. The minimum Gasteiger partial charge on any atom is -0.306 e. The summed E-state index contributed by atoms with van der Waals surface area (Å²) in [6.45, 7) is 5.45. The average Bonchev–Trinajstić information content (AvgIpc) is 2.54. The van der Waals surface area contributed by atoms with E-state index < -0.39 is 0 Å². The highest BCUT2D eigenvalue weighted by molar-refractivity contribution is 9.10. The van der Waals surface area contributed by atoms with E-state index in [9.17, 15) is 0 Å². The van der Waals surface area contributed by atoms with Gasteiger partial charge in [-0.2, -0.15) is 0 Å². The van der Waals surface area contributed by atoms with E-state index in [1.165, 1.54) is 28.4 Å². The Hall–Kier alpha value is -1.12. The van der Waals surface area contributed by atoms with E-state index in [1.54, 1.807) is 0 Å². The number of nitrogens with one attached hydrogen (secondary N) is 1. The van der Waals surface area contributed by atoms with Gasteiger partial charge < -0.3 is 5.32 Å². The van der Waals surface area contributed by atoms with Crippen LogP contribution in [0.4, 0.5) is 0 Å². The van der Waals surface area contributed by atoms with Gasteiger partial charge in [0.15, 0.2) is 0 Å². The van der Waals surface area contributed by atoms with Gasteiger partial charge >= 0.3 is 0 Å². The zero-order valence-corrected chi connectivity index (χ0v) is 14.4. The van der Waals surface area contributed by atoms with Crippen molar-refractivity contribution < 1.29 is 0 Å². The molecule has 2 aromatic carbocycles. The fourth-order valence-electron chi connectivity index (χ4n) is 2.84. The highest BCUT2D eigenvalue weighted by atomic mass is 79.9. The van der Waals surface area contributed by atoms with Crippen LogP contribution in [0.25, 0.3) is 0 Å². The summed E-state index contributed by atoms with van der Waals surface area (Å²) in [5.41, 5.74) is 2.70. The van der Waals surface area contributed by atoms with Crippen molar-refractivity contribution in [2.24, 2.45) is 5.92 Å². The van der Waals surface area contributed by atoms with Crippen molar-refractivity contribution in [3.63, 3.8) is 0 Å². The van der Waals surface area contributed by atoms with E-state index in [4.69, 9.17) is 0 Å². The normalized spacial score (nSPS) is 12.6. The molecule has 0 amide bonds. The molecule has 0 saturated carbocycles. The van der Waals surface area contributed by atoms with Gasteiger partial charge in [0.25, 0.3) is 0 Å². The van der Waals surface area contributed by atoms with Gasteiger partial charge in [-0.1, -0.05) is 91.1 Å². The molecule has 0 heterocycles. The molecule has 0 saturated heterocycles. The van der Waals surface area contributed by atoms with E-state index >= 15 is 0 Å². The fourth-order valence-corrected chi connectivity index (χ4v) is 3.26. The molecule has 1 atom stereocenters. The number of hydrogen-bond acceptors (Lipinski definition) is 1. The molecule has 0 aliphatic carbocycles. The number of benzene rings is 2. The number of hydrogen-bond donors (Lipinski definition) is 1. The maximum Gasteiger partial charge on any atom is 0.0351 e. The van der Waals surface area contributed by atoms with E-state index in [0.29, 0.717) is 12.0 Å². The first-order chi connectivity index (χ1) is 10.3. The monoisotopic (exact) mass is 345 g/mol. The lowest BCUT2D eigenvalue weighted by atomic mass is 9.88. The van der Waals surface area contributed by atoms with Crippen molar-refractivity contribution in [2.75, 3.05) is 0 Å². The van der Waals surface area contributed by atoms with Gasteiger partial charge in [0.05, 0.1) is 0 Å². The molecule has 1 nitrogen and oxygen atoms in total. The van der Waals surface area contributed by atoms with Gasteiger partial charge in [-0.05, 0) is 23.1 Å². The Morgan fingerprint density at radius 1 is 0.905 bits per heavy atom. The van der Waals surface area contributed by atoms with Crippen LogP contribution in [0, 0.1) is 5.92 Å². The average molecular weight is 346 g/mol. The van der Waals surface area contributed by atoms with Crippen LogP contribution in [0.1, 0.15) is 43.9 Å². The van der Waals surface area contributed by atoms with Crippen LogP contribution < -0.4 is 5.32 Å². The third kappa shape index (κ3) is 4.42. The molecule has 0 aromatic heterocycles.